The molecular weight excluding hydrogens is 216 g/mol. The molecule has 1 heterocycles. The number of halogens is 1. The van der Waals surface area contributed by atoms with E-state index in [1.54, 1.807) is 14.0 Å². The van der Waals surface area contributed by atoms with Crippen molar-refractivity contribution in [3.63, 3.8) is 0 Å². The molecule has 15 heavy (non-hydrogen) atoms. The average molecular weight is 237 g/mol. The minimum atomic E-state index is -0.341. The lowest BCUT2D eigenvalue weighted by Crippen LogP contribution is -2.36. The zero-order valence-electron chi connectivity index (χ0n) is 9.41. The third kappa shape index (κ3) is 5.35. The number of ether oxygens (including phenoxy) is 1. The Hall–Kier alpha value is -0.320. The molecule has 0 aromatic carbocycles. The molecule has 0 saturated carbocycles. The third-order valence-corrected chi connectivity index (χ3v) is 2.68. The maximum absolute atomic E-state index is 11.3. The van der Waals surface area contributed by atoms with Crippen molar-refractivity contribution in [1.82, 2.24) is 10.6 Å². The summed E-state index contributed by atoms with van der Waals surface area (Å²) in [5, 5.41) is 6.25. The summed E-state index contributed by atoms with van der Waals surface area (Å²) in [6, 6.07) is 0.591. The number of carbonyl (C=O) groups excluding carboxylic acids is 1. The van der Waals surface area contributed by atoms with Crippen LogP contribution in [0.3, 0.4) is 0 Å². The summed E-state index contributed by atoms with van der Waals surface area (Å²) in [4.78, 5) is 11.3. The molecule has 0 aromatic rings. The molecule has 1 fully saturated rings. The Balaban J connectivity index is 0.00000196. The monoisotopic (exact) mass is 236 g/mol. The van der Waals surface area contributed by atoms with Gasteiger partial charge in [0.15, 0.2) is 0 Å². The van der Waals surface area contributed by atoms with Crippen LogP contribution in [-0.2, 0) is 9.53 Å². The minimum Gasteiger partial charge on any atom is -0.372 e. The van der Waals surface area contributed by atoms with Crippen LogP contribution in [0, 0.1) is 0 Å². The van der Waals surface area contributed by atoms with Gasteiger partial charge in [-0.2, -0.15) is 0 Å². The first-order valence-electron chi connectivity index (χ1n) is 5.28. The second kappa shape index (κ2) is 7.91. The van der Waals surface area contributed by atoms with Crippen LogP contribution in [-0.4, -0.2) is 38.3 Å². The number of rotatable bonds is 5. The lowest BCUT2D eigenvalue weighted by molar-refractivity contribution is -0.130. The highest BCUT2D eigenvalue weighted by Crippen LogP contribution is 2.07. The van der Waals surface area contributed by atoms with Crippen LogP contribution in [0.1, 0.15) is 26.2 Å². The topological polar surface area (TPSA) is 50.4 Å². The maximum Gasteiger partial charge on any atom is 0.248 e. The van der Waals surface area contributed by atoms with Gasteiger partial charge in [0.05, 0.1) is 0 Å². The molecule has 0 radical (unpaired) electrons. The van der Waals surface area contributed by atoms with E-state index in [0.29, 0.717) is 6.04 Å². The largest absolute Gasteiger partial charge is 0.372 e. The Kier molecular flexibility index (Phi) is 7.74. The van der Waals surface area contributed by atoms with Crippen molar-refractivity contribution in [3.05, 3.63) is 0 Å². The summed E-state index contributed by atoms with van der Waals surface area (Å²) in [5.41, 5.74) is 0. The number of hydrogen-bond acceptors (Lipinski definition) is 3. The molecule has 2 N–H and O–H groups in total. The summed E-state index contributed by atoms with van der Waals surface area (Å²) in [5.74, 6) is -0.0227. The van der Waals surface area contributed by atoms with Gasteiger partial charge in [-0.3, -0.25) is 4.79 Å². The zero-order valence-corrected chi connectivity index (χ0v) is 10.2. The Morgan fingerprint density at radius 1 is 1.67 bits per heavy atom. The first-order chi connectivity index (χ1) is 6.74. The van der Waals surface area contributed by atoms with Gasteiger partial charge in [-0.1, -0.05) is 0 Å². The van der Waals surface area contributed by atoms with Crippen LogP contribution in [0.5, 0.6) is 0 Å². The van der Waals surface area contributed by atoms with E-state index >= 15 is 0 Å². The highest BCUT2D eigenvalue weighted by Gasteiger charge is 2.15. The highest BCUT2D eigenvalue weighted by atomic mass is 35.5. The van der Waals surface area contributed by atoms with Gasteiger partial charge in [0.1, 0.15) is 6.10 Å². The number of carbonyl (C=O) groups is 1. The van der Waals surface area contributed by atoms with Gasteiger partial charge >= 0.3 is 0 Å². The molecule has 0 aliphatic carbocycles. The van der Waals surface area contributed by atoms with Crippen molar-refractivity contribution in [2.75, 3.05) is 20.2 Å². The molecule has 1 rings (SSSR count). The van der Waals surface area contributed by atoms with Crippen molar-refractivity contribution < 1.29 is 9.53 Å². The molecule has 1 unspecified atom stereocenters. The zero-order chi connectivity index (χ0) is 10.4. The highest BCUT2D eigenvalue weighted by molar-refractivity contribution is 5.85. The average Bonchev–Trinajstić information content (AvgIpc) is 2.69. The Labute approximate surface area is 97.5 Å². The smallest absolute Gasteiger partial charge is 0.248 e. The van der Waals surface area contributed by atoms with Gasteiger partial charge in [-0.05, 0) is 32.7 Å². The molecule has 5 heteroatoms. The fraction of sp³-hybridized carbons (Fsp3) is 0.900. The molecule has 2 atom stereocenters. The predicted octanol–water partition coefficient (Wildman–Crippen LogP) is 0.701. The van der Waals surface area contributed by atoms with Crippen LogP contribution in [0.25, 0.3) is 0 Å². The summed E-state index contributed by atoms with van der Waals surface area (Å²) >= 11 is 0. The maximum atomic E-state index is 11.3. The summed E-state index contributed by atoms with van der Waals surface area (Å²) < 4.78 is 4.91. The lowest BCUT2D eigenvalue weighted by atomic mass is 10.1. The van der Waals surface area contributed by atoms with Gasteiger partial charge in [0, 0.05) is 19.7 Å². The number of hydrogen-bond donors (Lipinski definition) is 2. The molecule has 1 amide bonds. The van der Waals surface area contributed by atoms with E-state index < -0.39 is 0 Å². The molecule has 4 nitrogen and oxygen atoms in total. The second-order valence-electron chi connectivity index (χ2n) is 3.75. The Morgan fingerprint density at radius 2 is 2.40 bits per heavy atom. The molecule has 0 spiro atoms. The summed E-state index contributed by atoms with van der Waals surface area (Å²) in [6.07, 6.45) is 3.16. The fourth-order valence-corrected chi connectivity index (χ4v) is 1.62. The van der Waals surface area contributed by atoms with E-state index in [9.17, 15) is 4.79 Å². The van der Waals surface area contributed by atoms with Crippen molar-refractivity contribution in [3.8, 4) is 0 Å². The van der Waals surface area contributed by atoms with Crippen LogP contribution in [0.15, 0.2) is 0 Å². The van der Waals surface area contributed by atoms with E-state index in [1.165, 1.54) is 12.8 Å². The molecule has 1 aliphatic heterocycles. The standard InChI is InChI=1S/C10H20N2O2.ClH/c1-8(14-2)10(13)12-7-5-9-4-3-6-11-9;/h8-9,11H,3-7H2,1-2H3,(H,12,13);1H/t8?,9-;/m1./s1. The molecule has 0 bridgehead atoms. The van der Waals surface area contributed by atoms with Crippen LogP contribution in [0.2, 0.25) is 0 Å². The first-order valence-corrected chi connectivity index (χ1v) is 5.28. The van der Waals surface area contributed by atoms with Crippen molar-refractivity contribution in [1.29, 1.82) is 0 Å². The number of amides is 1. The van der Waals surface area contributed by atoms with Crippen molar-refractivity contribution in [2.45, 2.75) is 38.3 Å². The third-order valence-electron chi connectivity index (χ3n) is 2.68. The van der Waals surface area contributed by atoms with Crippen molar-refractivity contribution >= 4 is 18.3 Å². The summed E-state index contributed by atoms with van der Waals surface area (Å²) in [7, 11) is 1.54. The number of methoxy groups -OCH3 is 1. The molecule has 90 valence electrons. The van der Waals surface area contributed by atoms with Gasteiger partial charge < -0.3 is 15.4 Å². The predicted molar refractivity (Wildman–Crippen MR) is 62.4 cm³/mol. The second-order valence-corrected chi connectivity index (χ2v) is 3.75. The van der Waals surface area contributed by atoms with Gasteiger partial charge in [0.2, 0.25) is 5.91 Å². The lowest BCUT2D eigenvalue weighted by Gasteiger charge is -2.13. The van der Waals surface area contributed by atoms with E-state index in [1.807, 2.05) is 0 Å². The van der Waals surface area contributed by atoms with Crippen LogP contribution < -0.4 is 10.6 Å². The van der Waals surface area contributed by atoms with Gasteiger partial charge in [0.25, 0.3) is 0 Å². The van der Waals surface area contributed by atoms with Crippen LogP contribution >= 0.6 is 12.4 Å². The normalized spacial score (nSPS) is 21.9. The molecule has 0 aromatic heterocycles. The number of nitrogens with one attached hydrogen (secondary N) is 2. The quantitative estimate of drug-likeness (QED) is 0.739. The minimum absolute atomic E-state index is 0. The molecular formula is C10H21ClN2O2. The van der Waals surface area contributed by atoms with E-state index in [0.717, 1.165) is 19.5 Å². The summed E-state index contributed by atoms with van der Waals surface area (Å²) in [6.45, 7) is 3.61. The van der Waals surface area contributed by atoms with Gasteiger partial charge in [-0.15, -0.1) is 12.4 Å². The molecule has 1 aliphatic rings. The van der Waals surface area contributed by atoms with E-state index in [4.69, 9.17) is 4.74 Å². The van der Waals surface area contributed by atoms with Crippen LogP contribution in [0.4, 0.5) is 0 Å². The Bertz CT molecular complexity index is 184. The SMILES string of the molecule is COC(C)C(=O)NCC[C@H]1CCCN1.Cl. The Morgan fingerprint density at radius 3 is 2.93 bits per heavy atom. The fourth-order valence-electron chi connectivity index (χ4n) is 1.62. The first kappa shape index (κ1) is 14.7. The van der Waals surface area contributed by atoms with Gasteiger partial charge in [-0.25, -0.2) is 0 Å². The van der Waals surface area contributed by atoms with E-state index in [2.05, 4.69) is 10.6 Å². The van der Waals surface area contributed by atoms with E-state index in [-0.39, 0.29) is 24.4 Å². The molecule has 1 saturated heterocycles. The van der Waals surface area contributed by atoms with Crippen molar-refractivity contribution in [2.24, 2.45) is 0 Å².